The second-order valence-corrected chi connectivity index (χ2v) is 20.0. The highest BCUT2D eigenvalue weighted by Crippen LogP contribution is 2.39. The van der Waals surface area contributed by atoms with Gasteiger partial charge in [-0.05, 0) is 107 Å². The molecule has 9 aromatic rings. The first kappa shape index (κ1) is 55.5. The normalized spacial score (nSPS) is 14.5. The maximum absolute atomic E-state index is 15.9. The van der Waals surface area contributed by atoms with E-state index in [1.165, 1.54) is 18.2 Å². The van der Waals surface area contributed by atoms with Crippen molar-refractivity contribution in [2.45, 2.75) is 64.6 Å². The Labute approximate surface area is 477 Å². The van der Waals surface area contributed by atoms with E-state index in [1.54, 1.807) is 36.4 Å². The second kappa shape index (κ2) is 27.9. The van der Waals surface area contributed by atoms with Crippen LogP contribution in [0, 0.1) is 5.92 Å². The first-order chi connectivity index (χ1) is 40.3. The average molecular weight is 1090 g/mol. The Bertz CT molecular complexity index is 3470. The summed E-state index contributed by atoms with van der Waals surface area (Å²) in [4.78, 5) is 59.2. The molecule has 0 unspecified atom stereocenters. The van der Waals surface area contributed by atoms with Crippen LogP contribution < -0.4 is 29.6 Å². The van der Waals surface area contributed by atoms with E-state index in [0.29, 0.717) is 43.9 Å². The van der Waals surface area contributed by atoms with Crippen LogP contribution in [0.5, 0.6) is 23.0 Å². The van der Waals surface area contributed by atoms with E-state index in [2.05, 4.69) is 22.8 Å². The van der Waals surface area contributed by atoms with E-state index in [0.717, 1.165) is 33.4 Å². The topological polar surface area (TPSA) is 148 Å². The van der Waals surface area contributed by atoms with E-state index in [4.69, 9.17) is 28.4 Å². The minimum absolute atomic E-state index is 0.00953. The zero-order chi connectivity index (χ0) is 56.3. The zero-order valence-electron chi connectivity index (χ0n) is 45.2. The van der Waals surface area contributed by atoms with Crippen LogP contribution in [0.1, 0.15) is 93.2 Å². The molecule has 12 heteroatoms. The number of rotatable bonds is 25. The molecule has 412 valence electrons. The van der Waals surface area contributed by atoms with Crippen molar-refractivity contribution in [2.24, 2.45) is 5.92 Å². The quantitative estimate of drug-likeness (QED) is 0.0416. The Morgan fingerprint density at radius 3 is 1.39 bits per heavy atom. The fourth-order valence-electron chi connectivity index (χ4n) is 9.81. The van der Waals surface area contributed by atoms with Crippen LogP contribution in [0.25, 0.3) is 0 Å². The molecule has 1 amide bonds. The van der Waals surface area contributed by atoms with Gasteiger partial charge in [-0.2, -0.15) is 0 Å². The van der Waals surface area contributed by atoms with Gasteiger partial charge in [-0.25, -0.2) is 9.59 Å². The minimum Gasteiger partial charge on any atom is -0.489 e. The van der Waals surface area contributed by atoms with Crippen molar-refractivity contribution in [3.05, 3.63) is 298 Å². The van der Waals surface area contributed by atoms with Crippen molar-refractivity contribution < 1.29 is 47.6 Å². The number of benzene rings is 9. The molecule has 1 saturated carbocycles. The van der Waals surface area contributed by atoms with Crippen molar-refractivity contribution in [1.82, 2.24) is 10.6 Å². The Balaban J connectivity index is 0.987. The third-order valence-corrected chi connectivity index (χ3v) is 14.1. The largest absolute Gasteiger partial charge is 0.489 e. The lowest BCUT2D eigenvalue weighted by atomic mass is 9.94. The Morgan fingerprint density at radius 2 is 0.878 bits per heavy atom. The van der Waals surface area contributed by atoms with Crippen molar-refractivity contribution in [3.8, 4) is 23.0 Å². The molecule has 3 atom stereocenters. The number of carbonyl (C=O) groups excluding carboxylic acids is 4. The molecule has 1 aliphatic carbocycles. The molecule has 10 rings (SSSR count). The van der Waals surface area contributed by atoms with Crippen molar-refractivity contribution in [2.75, 3.05) is 6.54 Å². The van der Waals surface area contributed by atoms with Gasteiger partial charge in [0.05, 0.1) is 22.7 Å². The average Bonchev–Trinajstić information content (AvgIpc) is 3.62. The highest BCUT2D eigenvalue weighted by molar-refractivity contribution is 6.19. The Morgan fingerprint density at radius 1 is 0.415 bits per heavy atom. The van der Waals surface area contributed by atoms with Crippen LogP contribution in [-0.4, -0.2) is 42.3 Å². The van der Waals surface area contributed by atoms with Gasteiger partial charge in [0.25, 0.3) is 5.91 Å². The number of esters is 2. The van der Waals surface area contributed by atoms with Gasteiger partial charge in [0, 0.05) is 12.1 Å². The predicted molar refractivity (Wildman–Crippen MR) is 313 cm³/mol. The zero-order valence-corrected chi connectivity index (χ0v) is 45.2. The summed E-state index contributed by atoms with van der Waals surface area (Å²) in [5.74, 6) is -1.76. The molecule has 0 heterocycles. The molecule has 0 bridgehead atoms. The summed E-state index contributed by atoms with van der Waals surface area (Å²) in [5.41, 5.74) is 5.54. The minimum atomic E-state index is -0.757. The number of carbonyl (C=O) groups is 4. The number of amides is 1. The van der Waals surface area contributed by atoms with E-state index in [1.807, 2.05) is 170 Å². The van der Waals surface area contributed by atoms with Crippen molar-refractivity contribution in [1.29, 1.82) is 0 Å². The summed E-state index contributed by atoms with van der Waals surface area (Å²) >= 11 is 0. The Kier molecular flexibility index (Phi) is 18.9. The summed E-state index contributed by atoms with van der Waals surface area (Å²) < 4.78 is 38.0. The van der Waals surface area contributed by atoms with Gasteiger partial charge in [0.15, 0.2) is 0 Å². The Hall–Kier alpha value is -9.78. The smallest absolute Gasteiger partial charge is 0.339 e. The van der Waals surface area contributed by atoms with Gasteiger partial charge in [-0.3, -0.25) is 9.59 Å². The fraction of sp³-hybridized carbons (Fsp3) is 0.171. The van der Waals surface area contributed by atoms with Gasteiger partial charge in [-0.1, -0.05) is 188 Å². The fourth-order valence-corrected chi connectivity index (χ4v) is 9.81. The predicted octanol–water partition coefficient (Wildman–Crippen LogP) is 13.1. The number of hydrogen-bond donors (Lipinski definition) is 2. The van der Waals surface area contributed by atoms with Gasteiger partial charge < -0.3 is 39.1 Å². The highest BCUT2D eigenvalue weighted by atomic mass is 16.5. The van der Waals surface area contributed by atoms with Gasteiger partial charge in [0.1, 0.15) is 67.7 Å². The summed E-state index contributed by atoms with van der Waals surface area (Å²) in [6.07, 6.45) is 0.213. The monoisotopic (exact) mass is 1090 g/mol. The molecule has 82 heavy (non-hydrogen) atoms. The molecule has 0 aliphatic heterocycles. The van der Waals surface area contributed by atoms with E-state index < -0.39 is 29.9 Å². The third-order valence-electron chi connectivity index (χ3n) is 14.1. The number of nitrogens with one attached hydrogen (secondary N) is 2. The van der Waals surface area contributed by atoms with Crippen LogP contribution in [0.4, 0.5) is 0 Å². The van der Waals surface area contributed by atoms with E-state index >= 15 is 4.79 Å². The first-order valence-electron chi connectivity index (χ1n) is 27.4. The molecule has 1 fully saturated rings. The van der Waals surface area contributed by atoms with E-state index in [-0.39, 0.29) is 77.8 Å². The maximum atomic E-state index is 15.9. The lowest BCUT2D eigenvalue weighted by Crippen LogP contribution is -2.42. The number of ketones is 1. The molecule has 1 aliphatic rings. The lowest BCUT2D eigenvalue weighted by molar-refractivity contribution is 0.0242. The molecule has 2 N–H and O–H groups in total. The third kappa shape index (κ3) is 15.1. The van der Waals surface area contributed by atoms with Crippen LogP contribution in [-0.2, 0) is 49.1 Å². The van der Waals surface area contributed by atoms with Gasteiger partial charge >= 0.3 is 11.9 Å². The molecule has 0 saturated heterocycles. The van der Waals surface area contributed by atoms with Crippen LogP contribution in [0.3, 0.4) is 0 Å². The van der Waals surface area contributed by atoms with Crippen LogP contribution >= 0.6 is 0 Å². The van der Waals surface area contributed by atoms with Crippen LogP contribution in [0.2, 0.25) is 0 Å². The van der Waals surface area contributed by atoms with Crippen molar-refractivity contribution in [3.63, 3.8) is 0 Å². The molecule has 0 aromatic heterocycles. The summed E-state index contributed by atoms with van der Waals surface area (Å²) in [6.45, 7) is 1.63. The van der Waals surface area contributed by atoms with Crippen molar-refractivity contribution >= 4 is 23.6 Å². The van der Waals surface area contributed by atoms with Crippen LogP contribution in [0.15, 0.2) is 237 Å². The maximum Gasteiger partial charge on any atom is 0.339 e. The van der Waals surface area contributed by atoms with Gasteiger partial charge in [-0.15, -0.1) is 0 Å². The molecular weight excluding hydrogens is 1030 g/mol. The SMILES string of the molecule is O=C(N[C@@H]1C[C@H](CNCc2ccccc2)C[C@H]1OC(=O)c1cc(OCc2ccccc2)c(C(=O)c2c(OCc3ccccc3)cccc2C(=O)OCc2ccccc2)c(OCc2ccccc2)c1)c1ccc(OCc2ccccc2)cc1. The summed E-state index contributed by atoms with van der Waals surface area (Å²) in [6, 6.07) is 71.5. The van der Waals surface area contributed by atoms with Gasteiger partial charge in [0.2, 0.25) is 5.78 Å². The molecule has 0 spiro atoms. The summed E-state index contributed by atoms with van der Waals surface area (Å²) in [5, 5.41) is 6.75. The molecular formula is C70H62N2O10. The summed E-state index contributed by atoms with van der Waals surface area (Å²) in [7, 11) is 0. The molecule has 12 nitrogen and oxygen atoms in total. The standard InChI is InChI=1S/C70H62N2O10/c73-67(65-59(70(76)81-48-54-30-17-6-18-31-54)32-19-33-61(65)78-45-51-24-11-3-12-25-51)66-63(79-46-52-26-13-4-14-27-52)40-57(41-64(66)80-47-53-28-15-5-16-29-53)69(75)82-62-39-55(43-71-42-49-20-7-1-8-21-49)38-60(62)72-68(74)56-34-36-58(37-35-56)77-44-50-22-9-2-10-23-50/h1-37,40-41,55,60,62,71H,38-39,42-48H2,(H,72,74)/t55-,60+,62+/m0/s1. The number of hydrogen-bond acceptors (Lipinski definition) is 11. The van der Waals surface area contributed by atoms with E-state index in [9.17, 15) is 14.4 Å². The second-order valence-electron chi connectivity index (χ2n) is 20.0. The highest BCUT2D eigenvalue weighted by Gasteiger charge is 2.39. The molecule has 0 radical (unpaired) electrons. The first-order valence-corrected chi connectivity index (χ1v) is 27.4. The number of ether oxygens (including phenoxy) is 6. The molecule has 9 aromatic carbocycles. The lowest BCUT2D eigenvalue weighted by Gasteiger charge is -2.23.